The van der Waals surface area contributed by atoms with E-state index in [4.69, 9.17) is 0 Å². The van der Waals surface area contributed by atoms with E-state index in [0.717, 1.165) is 4.52 Å². The van der Waals surface area contributed by atoms with Crippen molar-refractivity contribution in [3.8, 4) is 5.75 Å². The second-order valence-corrected chi connectivity index (χ2v) is 4.41. The highest BCUT2D eigenvalue weighted by atomic mass is 16.3. The molecule has 3 aromatic rings. The normalized spacial score (nSPS) is 10.8. The molecule has 0 bridgehead atoms. The van der Waals surface area contributed by atoms with E-state index in [2.05, 4.69) is 20.5 Å². The summed E-state index contributed by atoms with van der Waals surface area (Å²) in [6.45, 7) is 2.22. The number of fused-ring (bicyclic) bond motifs is 1. The molecule has 0 aliphatic heterocycles. The number of nitrogens with one attached hydrogen (secondary N) is 1. The standard InChI is InChI=1S/C13H12N6O3/c1-2-18-13-14-7-15-19(13)12(22)10(17-18)11(21)16-8-5-3-4-6-9(8)20/h3-7,20H,2H2,1H3,(H,16,21). The molecule has 3 rings (SSSR count). The zero-order chi connectivity index (χ0) is 15.7. The monoisotopic (exact) mass is 300 g/mol. The first-order valence-electron chi connectivity index (χ1n) is 6.52. The van der Waals surface area contributed by atoms with Gasteiger partial charge in [0.05, 0.1) is 5.69 Å². The van der Waals surface area contributed by atoms with Crippen molar-refractivity contribution in [2.75, 3.05) is 5.32 Å². The quantitative estimate of drug-likeness (QED) is 0.671. The number of hydrogen-bond donors (Lipinski definition) is 2. The molecule has 2 aromatic heterocycles. The number of carbonyl (C=O) groups excluding carboxylic acids is 1. The maximum atomic E-state index is 12.3. The number of aromatic hydroxyl groups is 1. The lowest BCUT2D eigenvalue weighted by Crippen LogP contribution is -2.31. The lowest BCUT2D eigenvalue weighted by atomic mass is 10.3. The maximum Gasteiger partial charge on any atom is 0.307 e. The van der Waals surface area contributed by atoms with Gasteiger partial charge in [-0.25, -0.2) is 4.68 Å². The van der Waals surface area contributed by atoms with E-state index in [9.17, 15) is 14.7 Å². The number of aromatic nitrogens is 5. The summed E-state index contributed by atoms with van der Waals surface area (Å²) in [5, 5.41) is 19.9. The third kappa shape index (κ3) is 2.18. The number of phenols is 1. The van der Waals surface area contributed by atoms with Gasteiger partial charge in [-0.3, -0.25) is 9.59 Å². The van der Waals surface area contributed by atoms with Gasteiger partial charge in [0, 0.05) is 6.54 Å². The van der Waals surface area contributed by atoms with Crippen molar-refractivity contribution >= 4 is 17.4 Å². The van der Waals surface area contributed by atoms with E-state index in [1.807, 2.05) is 0 Å². The molecule has 0 spiro atoms. The summed E-state index contributed by atoms with van der Waals surface area (Å²) >= 11 is 0. The van der Waals surface area contributed by atoms with Crippen LogP contribution < -0.4 is 10.9 Å². The number of hydrogen-bond acceptors (Lipinski definition) is 6. The highest BCUT2D eigenvalue weighted by Crippen LogP contribution is 2.21. The summed E-state index contributed by atoms with van der Waals surface area (Å²) in [6, 6.07) is 6.20. The SMILES string of the molecule is CCn1nc(C(=O)Nc2ccccc2O)c(=O)n2ncnc12. The Balaban J connectivity index is 2.06. The molecule has 0 saturated carbocycles. The third-order valence-electron chi connectivity index (χ3n) is 3.04. The molecule has 1 amide bonds. The first-order chi connectivity index (χ1) is 10.6. The van der Waals surface area contributed by atoms with Gasteiger partial charge in [0.25, 0.3) is 11.7 Å². The molecule has 0 fully saturated rings. The van der Waals surface area contributed by atoms with E-state index in [1.165, 1.54) is 23.1 Å². The number of nitrogens with zero attached hydrogens (tertiary/aromatic N) is 5. The van der Waals surface area contributed by atoms with Crippen molar-refractivity contribution in [2.24, 2.45) is 0 Å². The second kappa shape index (κ2) is 5.28. The molecule has 2 N–H and O–H groups in total. The van der Waals surface area contributed by atoms with Gasteiger partial charge in [0.15, 0.2) is 0 Å². The summed E-state index contributed by atoms with van der Waals surface area (Å²) in [6.07, 6.45) is 1.22. The van der Waals surface area contributed by atoms with Gasteiger partial charge in [-0.15, -0.1) is 5.10 Å². The van der Waals surface area contributed by atoms with E-state index in [1.54, 1.807) is 19.1 Å². The van der Waals surface area contributed by atoms with E-state index in [-0.39, 0.29) is 22.9 Å². The minimum Gasteiger partial charge on any atom is -0.506 e. The number of amides is 1. The van der Waals surface area contributed by atoms with Gasteiger partial charge in [-0.05, 0) is 19.1 Å². The molecule has 1 aromatic carbocycles. The van der Waals surface area contributed by atoms with Crippen LogP contribution in [0.2, 0.25) is 0 Å². The second-order valence-electron chi connectivity index (χ2n) is 4.41. The first-order valence-corrected chi connectivity index (χ1v) is 6.52. The first kappa shape index (κ1) is 13.7. The fraction of sp³-hybridized carbons (Fsp3) is 0.154. The Kier molecular flexibility index (Phi) is 3.30. The maximum absolute atomic E-state index is 12.3. The molecular formula is C13H12N6O3. The van der Waals surface area contributed by atoms with Crippen LogP contribution in [0.15, 0.2) is 35.4 Å². The molecule has 0 saturated heterocycles. The smallest absolute Gasteiger partial charge is 0.307 e. The van der Waals surface area contributed by atoms with Crippen molar-refractivity contribution in [3.63, 3.8) is 0 Å². The van der Waals surface area contributed by atoms with Crippen LogP contribution in [-0.2, 0) is 6.54 Å². The zero-order valence-corrected chi connectivity index (χ0v) is 11.6. The van der Waals surface area contributed by atoms with E-state index < -0.39 is 11.5 Å². The van der Waals surface area contributed by atoms with E-state index >= 15 is 0 Å². The molecule has 9 nitrogen and oxygen atoms in total. The fourth-order valence-corrected chi connectivity index (χ4v) is 1.98. The Morgan fingerprint density at radius 2 is 2.14 bits per heavy atom. The fourth-order valence-electron chi connectivity index (χ4n) is 1.98. The average molecular weight is 300 g/mol. The molecule has 0 atom stereocenters. The Bertz CT molecular complexity index is 914. The molecule has 112 valence electrons. The number of benzene rings is 1. The minimum atomic E-state index is -0.730. The highest BCUT2D eigenvalue weighted by Gasteiger charge is 2.19. The summed E-state index contributed by atoms with van der Waals surface area (Å²) in [5.41, 5.74) is -0.816. The zero-order valence-electron chi connectivity index (χ0n) is 11.6. The van der Waals surface area contributed by atoms with Gasteiger partial charge in [-0.2, -0.15) is 14.6 Å². The van der Waals surface area contributed by atoms with Crippen LogP contribution in [0.1, 0.15) is 17.4 Å². The Morgan fingerprint density at radius 3 is 2.86 bits per heavy atom. The Morgan fingerprint density at radius 1 is 1.36 bits per heavy atom. The summed E-state index contributed by atoms with van der Waals surface area (Å²) < 4.78 is 2.41. The van der Waals surface area contributed by atoms with Crippen LogP contribution in [0, 0.1) is 0 Å². The van der Waals surface area contributed by atoms with Crippen molar-refractivity contribution in [1.82, 2.24) is 24.4 Å². The number of carbonyl (C=O) groups is 1. The average Bonchev–Trinajstić information content (AvgIpc) is 3.00. The molecule has 2 heterocycles. The van der Waals surface area contributed by atoms with E-state index in [0.29, 0.717) is 6.54 Å². The van der Waals surface area contributed by atoms with Gasteiger partial charge in [0.1, 0.15) is 12.1 Å². The van der Waals surface area contributed by atoms with Gasteiger partial charge >= 0.3 is 5.56 Å². The molecule has 0 unspecified atom stereocenters. The van der Waals surface area contributed by atoms with Crippen molar-refractivity contribution in [2.45, 2.75) is 13.5 Å². The van der Waals surface area contributed by atoms with Crippen LogP contribution in [0.25, 0.3) is 5.78 Å². The number of anilines is 1. The summed E-state index contributed by atoms with van der Waals surface area (Å²) in [5.74, 6) is -0.578. The Hall–Kier alpha value is -3.23. The lowest BCUT2D eigenvalue weighted by Gasteiger charge is -2.08. The van der Waals surface area contributed by atoms with Crippen LogP contribution in [0.5, 0.6) is 5.75 Å². The Labute approximate surface area is 123 Å². The third-order valence-corrected chi connectivity index (χ3v) is 3.04. The van der Waals surface area contributed by atoms with Crippen molar-refractivity contribution in [1.29, 1.82) is 0 Å². The van der Waals surface area contributed by atoms with Crippen LogP contribution in [0.4, 0.5) is 5.69 Å². The number of aryl methyl sites for hydroxylation is 1. The summed E-state index contributed by atoms with van der Waals surface area (Å²) in [7, 11) is 0. The molecule has 22 heavy (non-hydrogen) atoms. The number of phenolic OH excluding ortho intramolecular Hbond substituents is 1. The lowest BCUT2D eigenvalue weighted by molar-refractivity contribution is 0.101. The highest BCUT2D eigenvalue weighted by molar-refractivity contribution is 6.03. The molecule has 0 radical (unpaired) electrons. The van der Waals surface area contributed by atoms with Gasteiger partial charge in [-0.1, -0.05) is 12.1 Å². The molecule has 0 aliphatic carbocycles. The van der Waals surface area contributed by atoms with Crippen molar-refractivity contribution in [3.05, 3.63) is 46.6 Å². The van der Waals surface area contributed by atoms with Crippen LogP contribution in [-0.4, -0.2) is 35.4 Å². The molecule has 9 heteroatoms. The predicted molar refractivity (Wildman–Crippen MR) is 76.8 cm³/mol. The van der Waals surface area contributed by atoms with Crippen molar-refractivity contribution < 1.29 is 9.90 Å². The predicted octanol–water partition coefficient (Wildman–Crippen LogP) is 0.264. The van der Waals surface area contributed by atoms with Crippen LogP contribution in [0.3, 0.4) is 0 Å². The van der Waals surface area contributed by atoms with Gasteiger partial charge in [0.2, 0.25) is 5.69 Å². The largest absolute Gasteiger partial charge is 0.506 e. The summed E-state index contributed by atoms with van der Waals surface area (Å²) in [4.78, 5) is 28.4. The molecule has 0 aliphatic rings. The van der Waals surface area contributed by atoms with Gasteiger partial charge < -0.3 is 10.4 Å². The topological polar surface area (TPSA) is 114 Å². The number of para-hydroxylation sites is 2. The number of rotatable bonds is 3. The van der Waals surface area contributed by atoms with Crippen LogP contribution >= 0.6 is 0 Å². The molecular weight excluding hydrogens is 288 g/mol. The minimum absolute atomic E-state index is 0.103.